The van der Waals surface area contributed by atoms with Crippen LogP contribution in [0, 0.1) is 0 Å². The number of aromatic nitrogens is 4. The number of aryl methyl sites for hydroxylation is 1. The molecule has 2 aromatic heterocycles. The Balaban J connectivity index is 1.67. The summed E-state index contributed by atoms with van der Waals surface area (Å²) in [5.74, 6) is 1.04. The molecule has 0 radical (unpaired) electrons. The lowest BCUT2D eigenvalue weighted by Gasteiger charge is -2.35. The van der Waals surface area contributed by atoms with E-state index in [9.17, 15) is 9.59 Å². The Labute approximate surface area is 180 Å². The molecule has 1 unspecified atom stereocenters. The van der Waals surface area contributed by atoms with Crippen LogP contribution in [0.15, 0.2) is 34.2 Å². The average molecular weight is 428 g/mol. The van der Waals surface area contributed by atoms with Crippen molar-refractivity contribution in [2.45, 2.75) is 70.1 Å². The number of hydrogen-bond acceptors (Lipinski definition) is 5. The van der Waals surface area contributed by atoms with Crippen LogP contribution in [0.25, 0.3) is 16.7 Å². The molecular formula is C22H29N5O2S. The van der Waals surface area contributed by atoms with Crippen LogP contribution >= 0.6 is 11.8 Å². The van der Waals surface area contributed by atoms with Gasteiger partial charge in [0.25, 0.3) is 5.56 Å². The fraction of sp³-hybridized carbons (Fsp3) is 0.545. The van der Waals surface area contributed by atoms with E-state index in [0.29, 0.717) is 34.7 Å². The molecule has 30 heavy (non-hydrogen) atoms. The van der Waals surface area contributed by atoms with Crippen LogP contribution in [0.4, 0.5) is 0 Å². The molecule has 160 valence electrons. The second kappa shape index (κ2) is 9.20. The van der Waals surface area contributed by atoms with Gasteiger partial charge in [-0.2, -0.15) is 0 Å². The number of benzene rings is 1. The summed E-state index contributed by atoms with van der Waals surface area (Å²) in [6, 6.07) is 7.90. The maximum atomic E-state index is 13.0. The molecule has 4 rings (SSSR count). The third kappa shape index (κ3) is 3.85. The van der Waals surface area contributed by atoms with Gasteiger partial charge < -0.3 is 4.90 Å². The van der Waals surface area contributed by atoms with Crippen molar-refractivity contribution in [2.75, 3.05) is 12.3 Å². The average Bonchev–Trinajstić information content (AvgIpc) is 3.21. The predicted octanol–water partition coefficient (Wildman–Crippen LogP) is 3.73. The van der Waals surface area contributed by atoms with E-state index >= 15 is 0 Å². The Hall–Kier alpha value is -2.35. The van der Waals surface area contributed by atoms with Crippen molar-refractivity contribution < 1.29 is 4.79 Å². The van der Waals surface area contributed by atoms with Crippen molar-refractivity contribution >= 4 is 34.3 Å². The lowest BCUT2D eigenvalue weighted by Crippen LogP contribution is -2.44. The summed E-state index contributed by atoms with van der Waals surface area (Å²) < 4.78 is 3.64. The number of carbonyl (C=O) groups excluding carboxylic acids is 1. The van der Waals surface area contributed by atoms with E-state index in [0.717, 1.165) is 44.2 Å². The minimum absolute atomic E-state index is 0.0364. The second-order valence-corrected chi connectivity index (χ2v) is 8.82. The summed E-state index contributed by atoms with van der Waals surface area (Å²) in [5.41, 5.74) is 0.750. The van der Waals surface area contributed by atoms with Gasteiger partial charge in [0.15, 0.2) is 5.16 Å². The lowest BCUT2D eigenvalue weighted by molar-refractivity contribution is -0.132. The predicted molar refractivity (Wildman–Crippen MR) is 120 cm³/mol. The molecule has 7 nitrogen and oxygen atoms in total. The van der Waals surface area contributed by atoms with Crippen molar-refractivity contribution in [3.63, 3.8) is 0 Å². The van der Waals surface area contributed by atoms with Crippen molar-refractivity contribution in [1.29, 1.82) is 0 Å². The van der Waals surface area contributed by atoms with E-state index in [-0.39, 0.29) is 11.5 Å². The van der Waals surface area contributed by atoms with Crippen LogP contribution in [-0.2, 0) is 11.3 Å². The number of nitrogens with zero attached hydrogens (tertiary/aromatic N) is 5. The van der Waals surface area contributed by atoms with Gasteiger partial charge in [-0.1, -0.05) is 44.2 Å². The zero-order chi connectivity index (χ0) is 21.1. The molecule has 0 aliphatic carbocycles. The van der Waals surface area contributed by atoms with E-state index in [4.69, 9.17) is 0 Å². The van der Waals surface area contributed by atoms with E-state index in [2.05, 4.69) is 24.0 Å². The van der Waals surface area contributed by atoms with Crippen LogP contribution < -0.4 is 5.56 Å². The zero-order valence-corrected chi connectivity index (χ0v) is 18.5. The number of likely N-dealkylation sites (tertiary alicyclic amines) is 1. The van der Waals surface area contributed by atoms with Crippen molar-refractivity contribution in [2.24, 2.45) is 0 Å². The SMILES string of the molecule is CCCCn1c(=O)c2ccccc2n2c(SCC(=O)N3CCCCC3CC)nnc12. The molecule has 1 aliphatic heterocycles. The van der Waals surface area contributed by atoms with Crippen LogP contribution in [-0.4, -0.2) is 48.3 Å². The first-order valence-electron chi connectivity index (χ1n) is 10.9. The third-order valence-corrected chi connectivity index (χ3v) is 6.87. The highest BCUT2D eigenvalue weighted by atomic mass is 32.2. The third-order valence-electron chi connectivity index (χ3n) is 5.96. The molecule has 1 saturated heterocycles. The minimum Gasteiger partial charge on any atom is -0.339 e. The number of para-hydroxylation sites is 1. The van der Waals surface area contributed by atoms with Crippen LogP contribution in [0.2, 0.25) is 0 Å². The molecular weight excluding hydrogens is 398 g/mol. The fourth-order valence-electron chi connectivity index (χ4n) is 4.31. The molecule has 1 aliphatic rings. The van der Waals surface area contributed by atoms with Crippen molar-refractivity contribution in [1.82, 2.24) is 24.1 Å². The zero-order valence-electron chi connectivity index (χ0n) is 17.7. The smallest absolute Gasteiger partial charge is 0.262 e. The number of hydrogen-bond donors (Lipinski definition) is 0. The molecule has 3 aromatic rings. The summed E-state index contributed by atoms with van der Waals surface area (Å²) in [5, 5.41) is 10.00. The monoisotopic (exact) mass is 427 g/mol. The summed E-state index contributed by atoms with van der Waals surface area (Å²) in [6.07, 6.45) is 6.26. The molecule has 1 amide bonds. The standard InChI is InChI=1S/C22H29N5O2S/c1-3-5-13-26-20(29)17-11-6-7-12-18(17)27-21(26)23-24-22(27)30-15-19(28)25-14-9-8-10-16(25)4-2/h6-7,11-12,16H,3-5,8-10,13-15H2,1-2H3. The minimum atomic E-state index is -0.0364. The van der Waals surface area contributed by atoms with E-state index in [1.54, 1.807) is 4.57 Å². The van der Waals surface area contributed by atoms with E-state index in [1.807, 2.05) is 33.6 Å². The van der Waals surface area contributed by atoms with Gasteiger partial charge in [-0.3, -0.25) is 18.6 Å². The highest BCUT2D eigenvalue weighted by Gasteiger charge is 2.26. The first-order valence-corrected chi connectivity index (χ1v) is 11.9. The molecule has 0 spiro atoms. The molecule has 0 bridgehead atoms. The highest BCUT2D eigenvalue weighted by Crippen LogP contribution is 2.24. The first-order chi connectivity index (χ1) is 14.7. The molecule has 1 atom stereocenters. The Morgan fingerprint density at radius 2 is 2.03 bits per heavy atom. The number of carbonyl (C=O) groups is 1. The Morgan fingerprint density at radius 1 is 1.20 bits per heavy atom. The summed E-state index contributed by atoms with van der Waals surface area (Å²) in [6.45, 7) is 5.70. The number of amides is 1. The largest absolute Gasteiger partial charge is 0.339 e. The van der Waals surface area contributed by atoms with Gasteiger partial charge in [0, 0.05) is 19.1 Å². The van der Waals surface area contributed by atoms with Gasteiger partial charge in [-0.15, -0.1) is 10.2 Å². The van der Waals surface area contributed by atoms with Gasteiger partial charge in [0.2, 0.25) is 11.7 Å². The molecule has 0 saturated carbocycles. The van der Waals surface area contributed by atoms with E-state index in [1.165, 1.54) is 18.2 Å². The quantitative estimate of drug-likeness (QED) is 0.537. The Kier molecular flexibility index (Phi) is 6.41. The van der Waals surface area contributed by atoms with Crippen LogP contribution in [0.1, 0.15) is 52.4 Å². The Bertz CT molecular complexity index is 1110. The molecule has 8 heteroatoms. The molecule has 1 fully saturated rings. The summed E-state index contributed by atoms with van der Waals surface area (Å²) in [7, 11) is 0. The second-order valence-electron chi connectivity index (χ2n) is 7.88. The lowest BCUT2D eigenvalue weighted by atomic mass is 10.0. The van der Waals surface area contributed by atoms with Gasteiger partial charge in [0.05, 0.1) is 16.7 Å². The summed E-state index contributed by atoms with van der Waals surface area (Å²) in [4.78, 5) is 28.0. The molecule has 3 heterocycles. The number of unbranched alkanes of at least 4 members (excludes halogenated alkanes) is 1. The van der Waals surface area contributed by atoms with Crippen molar-refractivity contribution in [3.8, 4) is 0 Å². The van der Waals surface area contributed by atoms with Crippen LogP contribution in [0.3, 0.4) is 0 Å². The van der Waals surface area contributed by atoms with E-state index < -0.39 is 0 Å². The highest BCUT2D eigenvalue weighted by molar-refractivity contribution is 7.99. The maximum Gasteiger partial charge on any atom is 0.262 e. The van der Waals surface area contributed by atoms with Gasteiger partial charge in [0.1, 0.15) is 0 Å². The van der Waals surface area contributed by atoms with Crippen molar-refractivity contribution in [3.05, 3.63) is 34.6 Å². The van der Waals surface area contributed by atoms with Crippen LogP contribution in [0.5, 0.6) is 0 Å². The maximum absolute atomic E-state index is 13.0. The topological polar surface area (TPSA) is 72.5 Å². The number of thioether (sulfide) groups is 1. The van der Waals surface area contributed by atoms with Gasteiger partial charge >= 0.3 is 0 Å². The first kappa shape index (κ1) is 20.9. The fourth-order valence-corrected chi connectivity index (χ4v) is 5.13. The molecule has 1 aromatic carbocycles. The van der Waals surface area contributed by atoms with Gasteiger partial charge in [-0.05, 0) is 44.2 Å². The number of fused-ring (bicyclic) bond motifs is 3. The number of piperidine rings is 1. The summed E-state index contributed by atoms with van der Waals surface area (Å²) >= 11 is 1.41. The Morgan fingerprint density at radius 3 is 2.83 bits per heavy atom. The van der Waals surface area contributed by atoms with Gasteiger partial charge in [-0.25, -0.2) is 0 Å². The number of rotatable bonds is 7. The molecule has 0 N–H and O–H groups in total. The normalized spacial score (nSPS) is 17.1.